The van der Waals surface area contributed by atoms with Gasteiger partial charge in [0.1, 0.15) is 5.78 Å². The molecule has 0 bridgehead atoms. The van der Waals surface area contributed by atoms with Crippen molar-refractivity contribution in [2.75, 3.05) is 12.3 Å². The summed E-state index contributed by atoms with van der Waals surface area (Å²) in [6.07, 6.45) is 0. The molecule has 0 aromatic heterocycles. The van der Waals surface area contributed by atoms with Crippen LogP contribution in [0.25, 0.3) is 0 Å². The van der Waals surface area contributed by atoms with Gasteiger partial charge in [-0.25, -0.2) is 13.1 Å². The fourth-order valence-electron chi connectivity index (χ4n) is 1.01. The van der Waals surface area contributed by atoms with Gasteiger partial charge in [-0.3, -0.25) is 4.79 Å². The van der Waals surface area contributed by atoms with E-state index in [0.717, 1.165) is 0 Å². The minimum atomic E-state index is -3.34. The van der Waals surface area contributed by atoms with Crippen LogP contribution in [0.15, 0.2) is 0 Å². The van der Waals surface area contributed by atoms with Crippen LogP contribution in [-0.2, 0) is 14.8 Å². The van der Waals surface area contributed by atoms with Gasteiger partial charge in [0, 0.05) is 5.92 Å². The molecular formula is C10H21NO3S. The van der Waals surface area contributed by atoms with Gasteiger partial charge in [0.15, 0.2) is 0 Å². The van der Waals surface area contributed by atoms with Gasteiger partial charge in [-0.2, -0.15) is 0 Å². The molecule has 0 atom stereocenters. The van der Waals surface area contributed by atoms with E-state index < -0.39 is 10.0 Å². The minimum absolute atomic E-state index is 0.0331. The molecule has 15 heavy (non-hydrogen) atoms. The van der Waals surface area contributed by atoms with Crippen molar-refractivity contribution in [3.05, 3.63) is 0 Å². The van der Waals surface area contributed by atoms with Crippen LogP contribution in [-0.4, -0.2) is 26.5 Å². The van der Waals surface area contributed by atoms with Crippen molar-refractivity contribution in [3.8, 4) is 0 Å². The molecule has 0 aliphatic carbocycles. The molecular weight excluding hydrogens is 214 g/mol. The van der Waals surface area contributed by atoms with Gasteiger partial charge in [0.05, 0.1) is 12.3 Å². The number of hydrogen-bond acceptors (Lipinski definition) is 3. The number of rotatable bonds is 5. The van der Waals surface area contributed by atoms with E-state index in [2.05, 4.69) is 4.72 Å². The second-order valence-electron chi connectivity index (χ2n) is 5.26. The standard InChI is InChI=1S/C10H21NO3S/c1-8(2)9(12)6-11-15(13,14)7-10(3,4)5/h8,11H,6-7H2,1-5H3. The van der Waals surface area contributed by atoms with Crippen molar-refractivity contribution in [2.24, 2.45) is 11.3 Å². The maximum absolute atomic E-state index is 11.5. The summed E-state index contributed by atoms with van der Waals surface area (Å²) in [5, 5.41) is 0. The number of sulfonamides is 1. The smallest absolute Gasteiger partial charge is 0.212 e. The van der Waals surface area contributed by atoms with Crippen LogP contribution in [0.1, 0.15) is 34.6 Å². The molecule has 0 radical (unpaired) electrons. The Labute approximate surface area is 92.5 Å². The molecule has 0 aliphatic rings. The predicted octanol–water partition coefficient (Wildman–Crippen LogP) is 1.18. The third-order valence-corrected chi connectivity index (χ3v) is 3.56. The number of hydrogen-bond donors (Lipinski definition) is 1. The third-order valence-electron chi connectivity index (χ3n) is 1.73. The summed E-state index contributed by atoms with van der Waals surface area (Å²) < 4.78 is 25.3. The summed E-state index contributed by atoms with van der Waals surface area (Å²) in [6, 6.07) is 0. The summed E-state index contributed by atoms with van der Waals surface area (Å²) in [5.74, 6) is -0.194. The fourth-order valence-corrected chi connectivity index (χ4v) is 2.61. The summed E-state index contributed by atoms with van der Waals surface area (Å²) in [7, 11) is -3.34. The second-order valence-corrected chi connectivity index (χ2v) is 7.07. The molecule has 0 amide bonds. The first-order valence-corrected chi connectivity index (χ1v) is 6.69. The summed E-state index contributed by atoms with van der Waals surface area (Å²) >= 11 is 0. The van der Waals surface area contributed by atoms with E-state index in [0.29, 0.717) is 0 Å². The van der Waals surface area contributed by atoms with E-state index in [4.69, 9.17) is 0 Å². The Balaban J connectivity index is 4.24. The minimum Gasteiger partial charge on any atom is -0.298 e. The van der Waals surface area contributed by atoms with Crippen LogP contribution in [0.4, 0.5) is 0 Å². The van der Waals surface area contributed by atoms with Gasteiger partial charge >= 0.3 is 0 Å². The number of nitrogens with one attached hydrogen (secondary N) is 1. The Morgan fingerprint density at radius 3 is 2.07 bits per heavy atom. The molecule has 0 spiro atoms. The van der Waals surface area contributed by atoms with Gasteiger partial charge in [-0.1, -0.05) is 34.6 Å². The monoisotopic (exact) mass is 235 g/mol. The van der Waals surface area contributed by atoms with E-state index in [9.17, 15) is 13.2 Å². The highest BCUT2D eigenvalue weighted by molar-refractivity contribution is 7.89. The summed E-state index contributed by atoms with van der Waals surface area (Å²) in [5.41, 5.74) is -0.299. The molecule has 0 rings (SSSR count). The Hall–Kier alpha value is -0.420. The molecule has 1 N–H and O–H groups in total. The molecule has 0 aliphatic heterocycles. The quantitative estimate of drug-likeness (QED) is 0.778. The third kappa shape index (κ3) is 7.50. The van der Waals surface area contributed by atoms with Crippen LogP contribution in [0.2, 0.25) is 0 Å². The molecule has 0 aromatic rings. The van der Waals surface area contributed by atoms with E-state index in [1.165, 1.54) is 0 Å². The molecule has 0 fully saturated rings. The maximum Gasteiger partial charge on any atom is 0.212 e. The van der Waals surface area contributed by atoms with Crippen molar-refractivity contribution >= 4 is 15.8 Å². The Kier molecular flexibility index (Phi) is 4.93. The molecule has 0 saturated heterocycles. The number of carbonyl (C=O) groups excluding carboxylic acids is 1. The van der Waals surface area contributed by atoms with E-state index in [1.807, 2.05) is 20.8 Å². The van der Waals surface area contributed by atoms with Crippen LogP contribution in [0.5, 0.6) is 0 Å². The molecule has 0 unspecified atom stereocenters. The first-order valence-electron chi connectivity index (χ1n) is 5.03. The molecule has 4 nitrogen and oxygen atoms in total. The Bertz CT molecular complexity index is 312. The predicted molar refractivity (Wildman–Crippen MR) is 61.1 cm³/mol. The molecule has 0 aromatic carbocycles. The van der Waals surface area contributed by atoms with Crippen molar-refractivity contribution in [1.29, 1.82) is 0 Å². The molecule has 5 heteroatoms. The van der Waals surface area contributed by atoms with Gasteiger partial charge in [0.25, 0.3) is 0 Å². The van der Waals surface area contributed by atoms with Crippen molar-refractivity contribution < 1.29 is 13.2 Å². The van der Waals surface area contributed by atoms with Crippen LogP contribution < -0.4 is 4.72 Å². The van der Waals surface area contributed by atoms with Gasteiger partial charge in [-0.05, 0) is 5.41 Å². The van der Waals surface area contributed by atoms with Crippen LogP contribution in [0.3, 0.4) is 0 Å². The molecule has 0 heterocycles. The zero-order valence-corrected chi connectivity index (χ0v) is 10.9. The zero-order valence-electron chi connectivity index (χ0n) is 10.1. The first-order chi connectivity index (χ1) is 6.53. The highest BCUT2D eigenvalue weighted by Crippen LogP contribution is 2.15. The van der Waals surface area contributed by atoms with E-state index >= 15 is 0 Å². The number of ketones is 1. The lowest BCUT2D eigenvalue weighted by molar-refractivity contribution is -0.120. The fraction of sp³-hybridized carbons (Fsp3) is 0.900. The topological polar surface area (TPSA) is 63.2 Å². The average Bonchev–Trinajstić information content (AvgIpc) is 1.95. The van der Waals surface area contributed by atoms with E-state index in [1.54, 1.807) is 13.8 Å². The van der Waals surface area contributed by atoms with Gasteiger partial charge < -0.3 is 0 Å². The van der Waals surface area contributed by atoms with Crippen molar-refractivity contribution in [2.45, 2.75) is 34.6 Å². The molecule has 90 valence electrons. The Morgan fingerprint density at radius 1 is 1.27 bits per heavy atom. The summed E-state index contributed by atoms with van der Waals surface area (Å²) in [4.78, 5) is 11.2. The SMILES string of the molecule is CC(C)C(=O)CNS(=O)(=O)CC(C)(C)C. The highest BCUT2D eigenvalue weighted by atomic mass is 32.2. The normalized spacial score (nSPS) is 13.2. The lowest BCUT2D eigenvalue weighted by atomic mass is 10.0. The lowest BCUT2D eigenvalue weighted by Gasteiger charge is -2.18. The first kappa shape index (κ1) is 14.6. The van der Waals surface area contributed by atoms with Crippen LogP contribution >= 0.6 is 0 Å². The summed E-state index contributed by atoms with van der Waals surface area (Å²) in [6.45, 7) is 8.93. The van der Waals surface area contributed by atoms with Crippen molar-refractivity contribution in [3.63, 3.8) is 0 Å². The van der Waals surface area contributed by atoms with Crippen LogP contribution in [0, 0.1) is 11.3 Å². The number of Topliss-reactive ketones (excluding diaryl/α,β-unsaturated/α-hetero) is 1. The lowest BCUT2D eigenvalue weighted by Crippen LogP contribution is -2.36. The van der Waals surface area contributed by atoms with E-state index in [-0.39, 0.29) is 29.4 Å². The molecule has 0 saturated carbocycles. The second kappa shape index (κ2) is 5.07. The zero-order chi connectivity index (χ0) is 12.3. The van der Waals surface area contributed by atoms with Crippen molar-refractivity contribution in [1.82, 2.24) is 4.72 Å². The maximum atomic E-state index is 11.5. The van der Waals surface area contributed by atoms with Gasteiger partial charge in [-0.15, -0.1) is 0 Å². The average molecular weight is 235 g/mol. The number of carbonyl (C=O) groups is 1. The Morgan fingerprint density at radius 2 is 1.73 bits per heavy atom. The van der Waals surface area contributed by atoms with Gasteiger partial charge in [0.2, 0.25) is 10.0 Å². The largest absolute Gasteiger partial charge is 0.298 e. The highest BCUT2D eigenvalue weighted by Gasteiger charge is 2.22.